The summed E-state index contributed by atoms with van der Waals surface area (Å²) in [5, 5.41) is 11.5. The Balaban J connectivity index is 1.64. The van der Waals surface area contributed by atoms with Crippen molar-refractivity contribution in [1.82, 2.24) is 9.55 Å². The molecule has 126 valence electrons. The number of carbonyl (C=O) groups excluding carboxylic acids is 1. The van der Waals surface area contributed by atoms with E-state index in [1.54, 1.807) is 24.3 Å². The van der Waals surface area contributed by atoms with Crippen molar-refractivity contribution in [2.45, 2.75) is 26.3 Å². The van der Waals surface area contributed by atoms with Crippen LogP contribution in [-0.4, -0.2) is 33.1 Å². The molecule has 7 heteroatoms. The number of carboxylic acids is 1. The number of amides is 1. The maximum absolute atomic E-state index is 12.5. The number of fused-ring (bicyclic) bond motifs is 1. The number of benzene rings is 1. The predicted molar refractivity (Wildman–Crippen MR) is 87.0 cm³/mol. The summed E-state index contributed by atoms with van der Waals surface area (Å²) in [5.41, 5.74) is 1.76. The summed E-state index contributed by atoms with van der Waals surface area (Å²) < 4.78 is 7.21. The fourth-order valence-corrected chi connectivity index (χ4v) is 2.86. The molecular formula is C17H19N3O4. The number of aliphatic carboxylic acids is 1. The molecule has 2 heterocycles. The standard InChI is InChI=1S/C17H19N3O4/c1-11-18-8-14-6-5-12(9-20(11)14)17(23)19-13-3-2-4-15(7-13)24-10-16(21)22/h2-4,7-8,12H,5-6,9-10H2,1H3,(H,19,23)(H,21,22). The summed E-state index contributed by atoms with van der Waals surface area (Å²) in [7, 11) is 0. The highest BCUT2D eigenvalue weighted by molar-refractivity contribution is 5.92. The van der Waals surface area contributed by atoms with Gasteiger partial charge in [-0.1, -0.05) is 6.07 Å². The molecule has 7 nitrogen and oxygen atoms in total. The van der Waals surface area contributed by atoms with Gasteiger partial charge >= 0.3 is 5.97 Å². The number of carbonyl (C=O) groups is 2. The summed E-state index contributed by atoms with van der Waals surface area (Å²) in [6.07, 6.45) is 3.49. The van der Waals surface area contributed by atoms with Gasteiger partial charge < -0.3 is 19.7 Å². The molecule has 1 aliphatic rings. The predicted octanol–water partition coefficient (Wildman–Crippen LogP) is 1.86. The zero-order valence-corrected chi connectivity index (χ0v) is 13.4. The van der Waals surface area contributed by atoms with Gasteiger partial charge in [-0.2, -0.15) is 0 Å². The van der Waals surface area contributed by atoms with Crippen LogP contribution in [-0.2, 0) is 22.6 Å². The van der Waals surface area contributed by atoms with Gasteiger partial charge in [-0.05, 0) is 31.9 Å². The first-order chi connectivity index (χ1) is 11.5. The third-order valence-electron chi connectivity index (χ3n) is 4.12. The second-order valence-corrected chi connectivity index (χ2v) is 5.84. The van der Waals surface area contributed by atoms with E-state index in [1.807, 2.05) is 13.1 Å². The highest BCUT2D eigenvalue weighted by atomic mass is 16.5. The molecule has 1 aromatic heterocycles. The van der Waals surface area contributed by atoms with E-state index in [2.05, 4.69) is 14.9 Å². The lowest BCUT2D eigenvalue weighted by molar-refractivity contribution is -0.139. The molecule has 1 unspecified atom stereocenters. The largest absolute Gasteiger partial charge is 0.482 e. The van der Waals surface area contributed by atoms with E-state index in [-0.39, 0.29) is 11.8 Å². The average molecular weight is 329 g/mol. The lowest BCUT2D eigenvalue weighted by atomic mass is 9.97. The molecule has 0 bridgehead atoms. The normalized spacial score (nSPS) is 16.3. The molecule has 3 rings (SSSR count). The number of hydrogen-bond donors (Lipinski definition) is 2. The second kappa shape index (κ2) is 6.74. The van der Waals surface area contributed by atoms with Gasteiger partial charge in [0.1, 0.15) is 11.6 Å². The van der Waals surface area contributed by atoms with E-state index in [0.29, 0.717) is 18.0 Å². The van der Waals surface area contributed by atoms with Crippen LogP contribution in [0, 0.1) is 12.8 Å². The van der Waals surface area contributed by atoms with E-state index in [1.165, 1.54) is 5.69 Å². The number of rotatable bonds is 5. The zero-order chi connectivity index (χ0) is 17.1. The van der Waals surface area contributed by atoms with Crippen LogP contribution in [0.25, 0.3) is 0 Å². The molecular weight excluding hydrogens is 310 g/mol. The van der Waals surface area contributed by atoms with Crippen LogP contribution >= 0.6 is 0 Å². The smallest absolute Gasteiger partial charge is 0.341 e. The number of anilines is 1. The fourth-order valence-electron chi connectivity index (χ4n) is 2.86. The summed E-state index contributed by atoms with van der Waals surface area (Å²) in [6.45, 7) is 2.15. The summed E-state index contributed by atoms with van der Waals surface area (Å²) in [6, 6.07) is 6.74. The molecule has 0 fully saturated rings. The lowest BCUT2D eigenvalue weighted by Crippen LogP contribution is -2.31. The molecule has 0 saturated carbocycles. The van der Waals surface area contributed by atoms with Crippen LogP contribution in [0.2, 0.25) is 0 Å². The minimum absolute atomic E-state index is 0.0517. The fraction of sp³-hybridized carbons (Fsp3) is 0.353. The monoisotopic (exact) mass is 329 g/mol. The van der Waals surface area contributed by atoms with Crippen LogP contribution in [0.1, 0.15) is 17.9 Å². The van der Waals surface area contributed by atoms with Crippen LogP contribution < -0.4 is 10.1 Å². The average Bonchev–Trinajstić information content (AvgIpc) is 2.94. The Labute approximate surface area is 139 Å². The molecule has 0 aliphatic carbocycles. The number of aromatic nitrogens is 2. The molecule has 0 saturated heterocycles. The summed E-state index contributed by atoms with van der Waals surface area (Å²) in [4.78, 5) is 27.3. The third kappa shape index (κ3) is 3.56. The topological polar surface area (TPSA) is 93.5 Å². The highest BCUT2D eigenvalue weighted by Crippen LogP contribution is 2.24. The quantitative estimate of drug-likeness (QED) is 0.873. The van der Waals surface area contributed by atoms with E-state index >= 15 is 0 Å². The van der Waals surface area contributed by atoms with Crippen molar-refractivity contribution in [3.05, 3.63) is 42.0 Å². The third-order valence-corrected chi connectivity index (χ3v) is 4.12. The van der Waals surface area contributed by atoms with Crippen molar-refractivity contribution >= 4 is 17.6 Å². The lowest BCUT2D eigenvalue weighted by Gasteiger charge is -2.24. The highest BCUT2D eigenvalue weighted by Gasteiger charge is 2.25. The first-order valence-electron chi connectivity index (χ1n) is 7.79. The Morgan fingerprint density at radius 1 is 1.46 bits per heavy atom. The van der Waals surface area contributed by atoms with Gasteiger partial charge in [0, 0.05) is 30.2 Å². The van der Waals surface area contributed by atoms with Gasteiger partial charge in [-0.15, -0.1) is 0 Å². The Morgan fingerprint density at radius 2 is 2.29 bits per heavy atom. The number of hydrogen-bond acceptors (Lipinski definition) is 4. The molecule has 1 amide bonds. The van der Waals surface area contributed by atoms with Crippen LogP contribution in [0.4, 0.5) is 5.69 Å². The Morgan fingerprint density at radius 3 is 3.08 bits per heavy atom. The van der Waals surface area contributed by atoms with E-state index in [4.69, 9.17) is 9.84 Å². The molecule has 1 aliphatic heterocycles. The van der Waals surface area contributed by atoms with E-state index in [0.717, 1.165) is 18.7 Å². The number of imidazole rings is 1. The molecule has 0 spiro atoms. The number of nitrogens with one attached hydrogen (secondary N) is 1. The van der Waals surface area contributed by atoms with Gasteiger partial charge in [0.25, 0.3) is 0 Å². The molecule has 1 aromatic carbocycles. The second-order valence-electron chi connectivity index (χ2n) is 5.84. The van der Waals surface area contributed by atoms with Crippen molar-refractivity contribution in [3.63, 3.8) is 0 Å². The molecule has 24 heavy (non-hydrogen) atoms. The first kappa shape index (κ1) is 16.0. The first-order valence-corrected chi connectivity index (χ1v) is 7.79. The Hall–Kier alpha value is -2.83. The molecule has 2 N–H and O–H groups in total. The Bertz CT molecular complexity index is 769. The summed E-state index contributed by atoms with van der Waals surface area (Å²) in [5.74, 6) is 0.120. The van der Waals surface area contributed by atoms with Crippen molar-refractivity contribution in [3.8, 4) is 5.75 Å². The van der Waals surface area contributed by atoms with Crippen molar-refractivity contribution in [2.75, 3.05) is 11.9 Å². The van der Waals surface area contributed by atoms with E-state index in [9.17, 15) is 9.59 Å². The van der Waals surface area contributed by atoms with Crippen LogP contribution in [0.3, 0.4) is 0 Å². The van der Waals surface area contributed by atoms with Gasteiger partial charge in [-0.25, -0.2) is 9.78 Å². The molecule has 1 atom stereocenters. The van der Waals surface area contributed by atoms with Gasteiger partial charge in [0.15, 0.2) is 6.61 Å². The van der Waals surface area contributed by atoms with Gasteiger partial charge in [-0.3, -0.25) is 4.79 Å². The molecule has 2 aromatic rings. The van der Waals surface area contributed by atoms with Crippen LogP contribution in [0.5, 0.6) is 5.75 Å². The number of carboxylic acid groups (broad SMARTS) is 1. The molecule has 0 radical (unpaired) electrons. The zero-order valence-electron chi connectivity index (χ0n) is 13.4. The number of aryl methyl sites for hydroxylation is 2. The van der Waals surface area contributed by atoms with Gasteiger partial charge in [0.05, 0.1) is 5.92 Å². The maximum atomic E-state index is 12.5. The van der Waals surface area contributed by atoms with Crippen molar-refractivity contribution in [1.29, 1.82) is 0 Å². The minimum Gasteiger partial charge on any atom is -0.482 e. The van der Waals surface area contributed by atoms with Crippen molar-refractivity contribution in [2.24, 2.45) is 5.92 Å². The summed E-state index contributed by atoms with van der Waals surface area (Å²) >= 11 is 0. The Kier molecular flexibility index (Phi) is 4.50. The van der Waals surface area contributed by atoms with E-state index < -0.39 is 12.6 Å². The maximum Gasteiger partial charge on any atom is 0.341 e. The minimum atomic E-state index is -1.04. The number of nitrogens with zero attached hydrogens (tertiary/aromatic N) is 2. The van der Waals surface area contributed by atoms with Gasteiger partial charge in [0.2, 0.25) is 5.91 Å². The van der Waals surface area contributed by atoms with Crippen LogP contribution in [0.15, 0.2) is 30.5 Å². The van der Waals surface area contributed by atoms with Crippen molar-refractivity contribution < 1.29 is 19.4 Å². The number of ether oxygens (including phenoxy) is 1. The SMILES string of the molecule is Cc1ncc2n1CC(C(=O)Nc1cccc(OCC(=O)O)c1)CC2.